The first-order chi connectivity index (χ1) is 27.3. The van der Waals surface area contributed by atoms with Crippen LogP contribution in [0, 0.1) is 17.8 Å². The summed E-state index contributed by atoms with van der Waals surface area (Å²) in [5.41, 5.74) is 8.32. The van der Waals surface area contributed by atoms with E-state index >= 15 is 0 Å². The number of likely N-dealkylation sites (tertiary alicyclic amines) is 1. The van der Waals surface area contributed by atoms with E-state index in [1.54, 1.807) is 12.4 Å². The second kappa shape index (κ2) is 20.5. The zero-order valence-electron chi connectivity index (χ0n) is 32.4. The molecule has 0 spiro atoms. The number of fused-ring (bicyclic) bond motifs is 1. The number of aromatic amines is 1. The number of nitrogens with one attached hydrogen (secondary N) is 3. The number of nitrogens with two attached hydrogens (primary N) is 1. The Morgan fingerprint density at radius 2 is 1.64 bits per heavy atom. The Morgan fingerprint density at radius 1 is 0.875 bits per heavy atom. The van der Waals surface area contributed by atoms with Gasteiger partial charge in [0.2, 0.25) is 17.7 Å². The topological polar surface area (TPSA) is 187 Å². The van der Waals surface area contributed by atoms with Crippen LogP contribution in [-0.2, 0) is 33.6 Å². The van der Waals surface area contributed by atoms with E-state index in [9.17, 15) is 24.6 Å². The van der Waals surface area contributed by atoms with E-state index in [1.165, 1.54) is 6.33 Å². The molecule has 1 aliphatic carbocycles. The van der Waals surface area contributed by atoms with E-state index in [-0.39, 0.29) is 25.2 Å². The molecule has 2 aromatic carbocycles. The minimum absolute atomic E-state index is 0.00771. The summed E-state index contributed by atoms with van der Waals surface area (Å²) < 4.78 is 0. The van der Waals surface area contributed by atoms with Gasteiger partial charge in [-0.15, -0.1) is 0 Å². The van der Waals surface area contributed by atoms with Crippen molar-refractivity contribution in [2.75, 3.05) is 19.6 Å². The molecule has 1 saturated heterocycles. The smallest absolute Gasteiger partial charge is 0.243 e. The molecule has 0 radical (unpaired) electrons. The molecule has 5 atom stereocenters. The molecule has 3 heterocycles. The highest BCUT2D eigenvalue weighted by Gasteiger charge is 2.35. The molecule has 1 aliphatic heterocycles. The van der Waals surface area contributed by atoms with Gasteiger partial charge in [-0.1, -0.05) is 80.6 Å². The third-order valence-corrected chi connectivity index (χ3v) is 11.9. The van der Waals surface area contributed by atoms with Gasteiger partial charge in [0.25, 0.3) is 0 Å². The number of nitrogens with zero attached hydrogens (tertiary/aromatic N) is 3. The van der Waals surface area contributed by atoms with Gasteiger partial charge < -0.3 is 36.5 Å². The van der Waals surface area contributed by atoms with Crippen molar-refractivity contribution >= 4 is 28.5 Å². The zero-order valence-corrected chi connectivity index (χ0v) is 32.4. The highest BCUT2D eigenvalue weighted by molar-refractivity contribution is 5.92. The largest absolute Gasteiger partial charge is 0.390 e. The fourth-order valence-electron chi connectivity index (χ4n) is 8.50. The van der Waals surface area contributed by atoms with Crippen molar-refractivity contribution in [2.45, 2.75) is 108 Å². The van der Waals surface area contributed by atoms with E-state index in [1.807, 2.05) is 65.6 Å². The predicted molar refractivity (Wildman–Crippen MR) is 216 cm³/mol. The molecule has 300 valence electrons. The molecule has 0 unspecified atom stereocenters. The van der Waals surface area contributed by atoms with Crippen molar-refractivity contribution < 1.29 is 24.6 Å². The number of pyridine rings is 1. The molecule has 2 fully saturated rings. The quantitative estimate of drug-likeness (QED) is 0.0869. The summed E-state index contributed by atoms with van der Waals surface area (Å²) in [6.45, 7) is 1.80. The van der Waals surface area contributed by atoms with Gasteiger partial charge in [0.1, 0.15) is 12.1 Å². The van der Waals surface area contributed by atoms with E-state index in [0.717, 1.165) is 67.0 Å². The fraction of sp³-hybridized carbons (Fsp3) is 0.523. The molecular formula is C44H59N7O5. The summed E-state index contributed by atoms with van der Waals surface area (Å²) in [6.07, 6.45) is 11.2. The first kappa shape index (κ1) is 41.0. The minimum atomic E-state index is -1.23. The van der Waals surface area contributed by atoms with Crippen molar-refractivity contribution in [2.24, 2.45) is 23.5 Å². The first-order valence-electron chi connectivity index (χ1n) is 20.6. The van der Waals surface area contributed by atoms with Gasteiger partial charge in [0, 0.05) is 49.7 Å². The van der Waals surface area contributed by atoms with Crippen molar-refractivity contribution in [3.05, 3.63) is 96.3 Å². The number of carbonyl (C=O) groups is 3. The van der Waals surface area contributed by atoms with Crippen molar-refractivity contribution in [3.63, 3.8) is 0 Å². The van der Waals surface area contributed by atoms with E-state index in [2.05, 4.69) is 25.6 Å². The molecular weight excluding hydrogens is 707 g/mol. The van der Waals surface area contributed by atoms with Crippen molar-refractivity contribution in [1.82, 2.24) is 30.5 Å². The van der Waals surface area contributed by atoms with E-state index < -0.39 is 42.0 Å². The Morgan fingerprint density at radius 3 is 2.38 bits per heavy atom. The number of amides is 3. The molecule has 56 heavy (non-hydrogen) atoms. The van der Waals surface area contributed by atoms with Crippen LogP contribution in [0.25, 0.3) is 10.8 Å². The summed E-state index contributed by atoms with van der Waals surface area (Å²) >= 11 is 0. The Kier molecular flexibility index (Phi) is 15.0. The molecule has 3 amide bonds. The number of carbonyl (C=O) groups excluding carboxylic acids is 3. The number of piperidine rings is 1. The van der Waals surface area contributed by atoms with Crippen LogP contribution in [-0.4, -0.2) is 91.7 Å². The van der Waals surface area contributed by atoms with Gasteiger partial charge in [-0.2, -0.15) is 0 Å². The highest BCUT2D eigenvalue weighted by Crippen LogP contribution is 2.29. The molecule has 4 aromatic rings. The molecule has 1 saturated carbocycles. The van der Waals surface area contributed by atoms with Gasteiger partial charge in [-0.25, -0.2) is 4.98 Å². The number of hydrogen-bond acceptors (Lipinski definition) is 8. The Bertz CT molecular complexity index is 1820. The number of benzene rings is 2. The fourth-order valence-corrected chi connectivity index (χ4v) is 8.50. The number of rotatable bonds is 18. The standard InChI is InChI=1S/C44H59N7O5/c45-27-31-18-21-51(22-19-31)41(53)25-34(24-33-13-8-12-32-11-4-5-15-37(32)33)43(55)50-39(26-36-28-46-29-48-36)44(56)49-38(23-30-9-2-1-3-10-30)42(54)40(52)17-16-35-14-6-7-20-47-35/h4-8,11-15,20,28-31,34,38-40,42,52,54H,1-3,9-10,16-19,21-27,45H2,(H,46,48)(H,49,56)(H,50,55)/t34-,38+,39+,40+,42-/m1/s1. The minimum Gasteiger partial charge on any atom is -0.390 e. The lowest BCUT2D eigenvalue weighted by atomic mass is 9.82. The maximum absolute atomic E-state index is 14.5. The molecule has 2 aliphatic rings. The van der Waals surface area contributed by atoms with Crippen LogP contribution in [0.2, 0.25) is 0 Å². The molecule has 0 bridgehead atoms. The summed E-state index contributed by atoms with van der Waals surface area (Å²) in [7, 11) is 0. The number of aryl methyl sites for hydroxylation is 1. The summed E-state index contributed by atoms with van der Waals surface area (Å²) in [5.74, 6) is -1.04. The van der Waals surface area contributed by atoms with Crippen LogP contribution >= 0.6 is 0 Å². The first-order valence-corrected chi connectivity index (χ1v) is 20.6. The number of aliphatic hydroxyl groups excluding tert-OH is 2. The lowest BCUT2D eigenvalue weighted by Crippen LogP contribution is -2.56. The van der Waals surface area contributed by atoms with Gasteiger partial charge in [-0.3, -0.25) is 19.4 Å². The Balaban J connectivity index is 1.22. The van der Waals surface area contributed by atoms with Gasteiger partial charge in [0.15, 0.2) is 0 Å². The third kappa shape index (κ3) is 11.5. The van der Waals surface area contributed by atoms with Crippen molar-refractivity contribution in [3.8, 4) is 0 Å². The third-order valence-electron chi connectivity index (χ3n) is 11.9. The molecule has 7 N–H and O–H groups in total. The normalized spacial score (nSPS) is 18.2. The highest BCUT2D eigenvalue weighted by atomic mass is 16.3. The van der Waals surface area contributed by atoms with Crippen LogP contribution in [0.1, 0.15) is 81.2 Å². The molecule has 12 heteroatoms. The summed E-state index contributed by atoms with van der Waals surface area (Å²) in [5, 5.41) is 31.0. The maximum atomic E-state index is 14.5. The lowest BCUT2D eigenvalue weighted by Gasteiger charge is -2.34. The predicted octanol–water partition coefficient (Wildman–Crippen LogP) is 4.24. The van der Waals surface area contributed by atoms with Gasteiger partial charge in [0.05, 0.1) is 24.4 Å². The van der Waals surface area contributed by atoms with Crippen LogP contribution in [0.4, 0.5) is 0 Å². The SMILES string of the molecule is NCC1CCN(C(=O)C[C@@H](Cc2cccc3ccccc23)C(=O)N[C@@H](Cc2cnc[nH]2)C(=O)N[C@@H](CC2CCCCC2)[C@@H](O)[C@@H](O)CCc2ccccn2)CC1. The van der Waals surface area contributed by atoms with Crippen LogP contribution < -0.4 is 16.4 Å². The molecule has 6 rings (SSSR count). The number of aliphatic hydroxyl groups is 2. The molecule has 2 aromatic heterocycles. The number of H-pyrrole nitrogens is 1. The Hall–Kier alpha value is -4.65. The monoisotopic (exact) mass is 765 g/mol. The Labute approximate surface area is 330 Å². The molecule has 12 nitrogen and oxygen atoms in total. The van der Waals surface area contributed by atoms with Gasteiger partial charge >= 0.3 is 0 Å². The maximum Gasteiger partial charge on any atom is 0.243 e. The second-order valence-electron chi connectivity index (χ2n) is 15.9. The van der Waals surface area contributed by atoms with Crippen molar-refractivity contribution in [1.29, 1.82) is 0 Å². The van der Waals surface area contributed by atoms with Crippen LogP contribution in [0.3, 0.4) is 0 Å². The van der Waals surface area contributed by atoms with Gasteiger partial charge in [-0.05, 0) is 85.4 Å². The summed E-state index contributed by atoms with van der Waals surface area (Å²) in [4.78, 5) is 56.1. The summed E-state index contributed by atoms with van der Waals surface area (Å²) in [6, 6.07) is 17.8. The zero-order chi connectivity index (χ0) is 39.3. The lowest BCUT2D eigenvalue weighted by molar-refractivity contribution is -0.138. The number of aromatic nitrogens is 3. The van der Waals surface area contributed by atoms with E-state index in [0.29, 0.717) is 56.4 Å². The number of imidazole rings is 1. The van der Waals surface area contributed by atoms with Crippen LogP contribution in [0.5, 0.6) is 0 Å². The average Bonchev–Trinajstić information content (AvgIpc) is 3.76. The van der Waals surface area contributed by atoms with Crippen LogP contribution in [0.15, 0.2) is 79.4 Å². The average molecular weight is 766 g/mol. The second-order valence-corrected chi connectivity index (χ2v) is 15.9. The number of hydrogen-bond donors (Lipinski definition) is 6. The van der Waals surface area contributed by atoms with E-state index in [4.69, 9.17) is 5.73 Å².